The molecule has 4 rings (SSSR count). The second-order valence-corrected chi connectivity index (χ2v) is 8.13. The van der Waals surface area contributed by atoms with Crippen LogP contribution in [0.2, 0.25) is 0 Å². The number of rotatable bonds is 7. The van der Waals surface area contributed by atoms with Crippen molar-refractivity contribution in [3.63, 3.8) is 0 Å². The van der Waals surface area contributed by atoms with Crippen LogP contribution in [0.4, 0.5) is 0 Å². The number of carbonyl (C=O) groups excluding carboxylic acids is 1. The molecule has 1 amide bonds. The quantitative estimate of drug-likeness (QED) is 0.608. The number of methoxy groups -OCH3 is 1. The molecule has 0 aliphatic carbocycles. The van der Waals surface area contributed by atoms with Crippen molar-refractivity contribution in [2.24, 2.45) is 5.92 Å². The summed E-state index contributed by atoms with van der Waals surface area (Å²) in [5.74, 6) is 1.91. The number of hydrogen-bond donors (Lipinski definition) is 1. The van der Waals surface area contributed by atoms with Crippen LogP contribution in [0.1, 0.15) is 41.9 Å². The molecule has 0 unspecified atom stereocenters. The number of benzene rings is 2. The zero-order chi connectivity index (χ0) is 21.6. The molecular weight excluding hydrogens is 390 g/mol. The smallest absolute Gasteiger partial charge is 0.273 e. The molecule has 1 aliphatic rings. The van der Waals surface area contributed by atoms with E-state index < -0.39 is 0 Å². The summed E-state index contributed by atoms with van der Waals surface area (Å²) in [4.78, 5) is 15.3. The van der Waals surface area contributed by atoms with Gasteiger partial charge in [0.15, 0.2) is 11.5 Å². The molecule has 6 heteroatoms. The van der Waals surface area contributed by atoms with Crippen LogP contribution >= 0.6 is 0 Å². The normalized spacial score (nSPS) is 16.1. The fraction of sp³-hybridized carbons (Fsp3) is 0.360. The van der Waals surface area contributed by atoms with Gasteiger partial charge in [-0.3, -0.25) is 9.69 Å². The maximum atomic E-state index is 12.8. The Labute approximate surface area is 183 Å². The molecule has 1 N–H and O–H groups in total. The molecule has 0 saturated carbocycles. The number of likely N-dealkylation sites (tertiary alicyclic amines) is 1. The number of ether oxygens (including phenoxy) is 1. The summed E-state index contributed by atoms with van der Waals surface area (Å²) in [5, 5.41) is 7.04. The molecule has 6 nitrogen and oxygen atoms in total. The number of carbonyl (C=O) groups is 1. The largest absolute Gasteiger partial charge is 0.496 e. The molecule has 1 aromatic heterocycles. The van der Waals surface area contributed by atoms with Crippen LogP contribution in [0.5, 0.6) is 5.75 Å². The van der Waals surface area contributed by atoms with Crippen LogP contribution in [0.15, 0.2) is 65.2 Å². The molecular formula is C25H29N3O3. The minimum Gasteiger partial charge on any atom is -0.496 e. The van der Waals surface area contributed by atoms with Gasteiger partial charge in [-0.1, -0.05) is 60.6 Å². The van der Waals surface area contributed by atoms with Crippen molar-refractivity contribution >= 4 is 5.91 Å². The zero-order valence-corrected chi connectivity index (χ0v) is 18.1. The van der Waals surface area contributed by atoms with Gasteiger partial charge < -0.3 is 14.6 Å². The minimum atomic E-state index is -0.240. The first-order valence-electron chi connectivity index (χ1n) is 10.8. The maximum absolute atomic E-state index is 12.8. The molecule has 2 aromatic carbocycles. The van der Waals surface area contributed by atoms with E-state index in [2.05, 4.69) is 28.4 Å². The summed E-state index contributed by atoms with van der Waals surface area (Å²) < 4.78 is 11.0. The third kappa shape index (κ3) is 4.97. The first-order chi connectivity index (χ1) is 15.2. The summed E-state index contributed by atoms with van der Waals surface area (Å²) in [6.07, 6.45) is 2.31. The fourth-order valence-corrected chi connectivity index (χ4v) is 4.12. The monoisotopic (exact) mass is 419 g/mol. The zero-order valence-electron chi connectivity index (χ0n) is 18.1. The predicted octanol–water partition coefficient (Wildman–Crippen LogP) is 4.55. The van der Waals surface area contributed by atoms with Crippen molar-refractivity contribution in [3.8, 4) is 17.1 Å². The van der Waals surface area contributed by atoms with Gasteiger partial charge in [0.05, 0.1) is 13.2 Å². The molecule has 1 saturated heterocycles. The van der Waals surface area contributed by atoms with E-state index in [1.807, 2.05) is 48.5 Å². The fourth-order valence-electron chi connectivity index (χ4n) is 4.12. The van der Waals surface area contributed by atoms with Crippen molar-refractivity contribution in [1.82, 2.24) is 15.4 Å². The van der Waals surface area contributed by atoms with Crippen molar-refractivity contribution in [1.29, 1.82) is 0 Å². The maximum Gasteiger partial charge on any atom is 0.273 e. The van der Waals surface area contributed by atoms with Gasteiger partial charge in [0.1, 0.15) is 5.75 Å². The van der Waals surface area contributed by atoms with Gasteiger partial charge in [0.2, 0.25) is 0 Å². The van der Waals surface area contributed by atoms with Crippen LogP contribution in [-0.4, -0.2) is 42.7 Å². The van der Waals surface area contributed by atoms with Gasteiger partial charge in [-0.2, -0.15) is 0 Å². The molecule has 1 atom stereocenters. The lowest BCUT2D eigenvalue weighted by Crippen LogP contribution is -2.42. The number of hydrogen-bond acceptors (Lipinski definition) is 5. The number of nitrogens with zero attached hydrogens (tertiary/aromatic N) is 2. The topological polar surface area (TPSA) is 67.6 Å². The highest BCUT2D eigenvalue weighted by molar-refractivity contribution is 5.93. The summed E-state index contributed by atoms with van der Waals surface area (Å²) in [6.45, 7) is 4.77. The van der Waals surface area contributed by atoms with E-state index in [1.54, 1.807) is 13.2 Å². The number of amides is 1. The number of aromatic nitrogens is 1. The average molecular weight is 420 g/mol. The molecule has 31 heavy (non-hydrogen) atoms. The van der Waals surface area contributed by atoms with E-state index in [0.29, 0.717) is 12.3 Å². The molecule has 2 heterocycles. The van der Waals surface area contributed by atoms with Crippen molar-refractivity contribution < 1.29 is 14.1 Å². The van der Waals surface area contributed by atoms with Gasteiger partial charge in [0, 0.05) is 23.7 Å². The third-order valence-corrected chi connectivity index (χ3v) is 6.01. The van der Waals surface area contributed by atoms with Gasteiger partial charge in [-0.15, -0.1) is 0 Å². The Bertz CT molecular complexity index is 994. The number of nitrogens with one attached hydrogen (secondary N) is 1. The predicted molar refractivity (Wildman–Crippen MR) is 120 cm³/mol. The lowest BCUT2D eigenvalue weighted by Gasteiger charge is -2.37. The van der Waals surface area contributed by atoms with E-state index in [4.69, 9.17) is 9.26 Å². The Hall–Kier alpha value is -3.12. The van der Waals surface area contributed by atoms with Gasteiger partial charge in [-0.05, 0) is 37.9 Å². The Kier molecular flexibility index (Phi) is 6.67. The van der Waals surface area contributed by atoms with E-state index in [0.717, 1.165) is 48.7 Å². The van der Waals surface area contributed by atoms with Crippen molar-refractivity contribution in [2.45, 2.75) is 25.8 Å². The van der Waals surface area contributed by atoms with Crippen LogP contribution in [0.3, 0.4) is 0 Å². The van der Waals surface area contributed by atoms with Crippen LogP contribution < -0.4 is 10.1 Å². The summed E-state index contributed by atoms with van der Waals surface area (Å²) >= 11 is 0. The highest BCUT2D eigenvalue weighted by atomic mass is 16.5. The van der Waals surface area contributed by atoms with Crippen LogP contribution in [-0.2, 0) is 0 Å². The second-order valence-electron chi connectivity index (χ2n) is 8.13. The first-order valence-corrected chi connectivity index (χ1v) is 10.8. The second kappa shape index (κ2) is 9.79. The SMILES string of the molecule is COc1ccccc1[C@H](CNC(=O)c1cc(-c2ccccc2)on1)N1CCC(C)CC1. The Morgan fingerprint density at radius 3 is 2.61 bits per heavy atom. The van der Waals surface area contributed by atoms with E-state index in [1.165, 1.54) is 0 Å². The van der Waals surface area contributed by atoms with E-state index >= 15 is 0 Å². The van der Waals surface area contributed by atoms with Gasteiger partial charge in [0.25, 0.3) is 5.91 Å². The van der Waals surface area contributed by atoms with Gasteiger partial charge >= 0.3 is 0 Å². The van der Waals surface area contributed by atoms with Crippen LogP contribution in [0, 0.1) is 5.92 Å². The first kappa shape index (κ1) is 21.1. The van der Waals surface area contributed by atoms with Gasteiger partial charge in [-0.25, -0.2) is 0 Å². The Morgan fingerprint density at radius 1 is 1.16 bits per heavy atom. The molecule has 1 fully saturated rings. The molecule has 3 aromatic rings. The standard InChI is InChI=1S/C25H29N3O3/c1-18-12-14-28(15-13-18)22(20-10-6-7-11-23(20)30-2)17-26-25(29)21-16-24(31-27-21)19-8-4-3-5-9-19/h3-11,16,18,22H,12-15,17H2,1-2H3,(H,26,29)/t22-/m0/s1. The lowest BCUT2D eigenvalue weighted by molar-refractivity contribution is 0.0902. The molecule has 162 valence electrons. The highest BCUT2D eigenvalue weighted by Gasteiger charge is 2.27. The molecule has 0 radical (unpaired) electrons. The molecule has 0 spiro atoms. The minimum absolute atomic E-state index is 0.0353. The Balaban J connectivity index is 1.49. The van der Waals surface area contributed by atoms with Crippen molar-refractivity contribution in [2.75, 3.05) is 26.7 Å². The summed E-state index contributed by atoms with van der Waals surface area (Å²) in [6, 6.07) is 19.4. The van der Waals surface area contributed by atoms with E-state index in [9.17, 15) is 4.79 Å². The summed E-state index contributed by atoms with van der Waals surface area (Å²) in [5.41, 5.74) is 2.26. The van der Waals surface area contributed by atoms with Crippen LogP contribution in [0.25, 0.3) is 11.3 Å². The average Bonchev–Trinajstić information content (AvgIpc) is 3.31. The number of para-hydroxylation sites is 1. The Morgan fingerprint density at radius 2 is 1.87 bits per heavy atom. The summed E-state index contributed by atoms with van der Waals surface area (Å²) in [7, 11) is 1.69. The molecule has 0 bridgehead atoms. The molecule has 1 aliphatic heterocycles. The van der Waals surface area contributed by atoms with Crippen molar-refractivity contribution in [3.05, 3.63) is 71.9 Å². The number of piperidine rings is 1. The lowest BCUT2D eigenvalue weighted by atomic mass is 9.95. The third-order valence-electron chi connectivity index (χ3n) is 6.01. The van der Waals surface area contributed by atoms with E-state index in [-0.39, 0.29) is 17.6 Å². The highest BCUT2D eigenvalue weighted by Crippen LogP contribution is 2.32.